The minimum Gasteiger partial charge on any atom is -0.353 e. The lowest BCUT2D eigenvalue weighted by Crippen LogP contribution is -2.59. The van der Waals surface area contributed by atoms with E-state index in [2.05, 4.69) is 6.92 Å². The number of benzene rings is 1. The van der Waals surface area contributed by atoms with Gasteiger partial charge >= 0.3 is 0 Å². The Bertz CT molecular complexity index is 533. The molecular formula is C18H24O4. The molecule has 1 aromatic rings. The van der Waals surface area contributed by atoms with Gasteiger partial charge in [0, 0.05) is 18.6 Å². The summed E-state index contributed by atoms with van der Waals surface area (Å²) in [4.78, 5) is 12.1. The lowest BCUT2D eigenvalue weighted by Gasteiger charge is -2.50. The third kappa shape index (κ3) is 1.91. The second-order valence-corrected chi connectivity index (χ2v) is 6.92. The molecule has 0 amide bonds. The highest BCUT2D eigenvalue weighted by atomic mass is 17.3. The van der Waals surface area contributed by atoms with Gasteiger partial charge in [0.15, 0.2) is 11.9 Å². The molecule has 1 spiro atoms. The Morgan fingerprint density at radius 2 is 1.95 bits per heavy atom. The van der Waals surface area contributed by atoms with Crippen molar-refractivity contribution >= 4 is 0 Å². The topological polar surface area (TPSA) is 36.9 Å². The summed E-state index contributed by atoms with van der Waals surface area (Å²) in [6, 6.07) is 10.1. The van der Waals surface area contributed by atoms with E-state index < -0.39 is 11.4 Å². The Kier molecular flexibility index (Phi) is 3.53. The standard InChI is InChI=1S/C18H24O4/c1-13-12-15-10-6-7-11-17(15)16(19-2)20-18(13,22-21-17)14-8-4-3-5-9-14/h3-5,8-9,13,15-16H,6-7,10-12H2,1-2H3/t13?,15-,16?,17+,18+/m0/s1. The van der Waals surface area contributed by atoms with Crippen LogP contribution in [0.1, 0.15) is 44.6 Å². The highest BCUT2D eigenvalue weighted by molar-refractivity contribution is 5.23. The van der Waals surface area contributed by atoms with E-state index in [1.807, 2.05) is 30.3 Å². The van der Waals surface area contributed by atoms with Gasteiger partial charge < -0.3 is 9.47 Å². The Hall–Kier alpha value is -0.940. The van der Waals surface area contributed by atoms with Crippen molar-refractivity contribution < 1.29 is 19.2 Å². The van der Waals surface area contributed by atoms with Crippen LogP contribution in [-0.2, 0) is 25.0 Å². The molecule has 2 bridgehead atoms. The summed E-state index contributed by atoms with van der Waals surface area (Å²) >= 11 is 0. The summed E-state index contributed by atoms with van der Waals surface area (Å²) in [6.45, 7) is 2.19. The normalized spacial score (nSPS) is 44.4. The molecule has 0 radical (unpaired) electrons. The molecule has 5 rings (SSSR count). The molecule has 2 unspecified atom stereocenters. The Morgan fingerprint density at radius 3 is 2.73 bits per heavy atom. The van der Waals surface area contributed by atoms with E-state index in [9.17, 15) is 0 Å². The minimum absolute atomic E-state index is 0.208. The molecule has 3 saturated heterocycles. The van der Waals surface area contributed by atoms with E-state index in [4.69, 9.17) is 19.2 Å². The van der Waals surface area contributed by atoms with Crippen LogP contribution in [0.4, 0.5) is 0 Å². The van der Waals surface area contributed by atoms with Gasteiger partial charge in [0.05, 0.1) is 0 Å². The predicted octanol–water partition coefficient (Wildman–Crippen LogP) is 3.76. The summed E-state index contributed by atoms with van der Waals surface area (Å²) < 4.78 is 12.2. The maximum Gasteiger partial charge on any atom is 0.232 e. The van der Waals surface area contributed by atoms with Gasteiger partial charge in [-0.25, -0.2) is 4.89 Å². The summed E-state index contributed by atoms with van der Waals surface area (Å²) in [7, 11) is 1.71. The van der Waals surface area contributed by atoms with Crippen molar-refractivity contribution in [2.45, 2.75) is 56.7 Å². The number of rotatable bonds is 2. The number of fused-ring (bicyclic) bond motifs is 3. The predicted molar refractivity (Wildman–Crippen MR) is 80.6 cm³/mol. The first-order valence-corrected chi connectivity index (χ1v) is 8.34. The quantitative estimate of drug-likeness (QED) is 0.780. The molecule has 22 heavy (non-hydrogen) atoms. The molecule has 120 valence electrons. The molecule has 4 fully saturated rings. The van der Waals surface area contributed by atoms with E-state index >= 15 is 0 Å². The molecule has 3 heterocycles. The Morgan fingerprint density at radius 1 is 1.14 bits per heavy atom. The van der Waals surface area contributed by atoms with Crippen LogP contribution in [-0.4, -0.2) is 19.0 Å². The van der Waals surface area contributed by atoms with Gasteiger partial charge in [0.25, 0.3) is 0 Å². The second kappa shape index (κ2) is 5.31. The summed E-state index contributed by atoms with van der Waals surface area (Å²) in [5.74, 6) is -0.237. The van der Waals surface area contributed by atoms with E-state index in [0.717, 1.165) is 31.2 Å². The van der Waals surface area contributed by atoms with Crippen molar-refractivity contribution in [3.8, 4) is 0 Å². The van der Waals surface area contributed by atoms with Crippen molar-refractivity contribution in [3.63, 3.8) is 0 Å². The summed E-state index contributed by atoms with van der Waals surface area (Å²) in [6.07, 6.45) is 5.13. The maximum atomic E-state index is 6.44. The summed E-state index contributed by atoms with van der Waals surface area (Å²) in [5.41, 5.74) is 0.550. The Labute approximate surface area is 131 Å². The van der Waals surface area contributed by atoms with E-state index in [-0.39, 0.29) is 12.2 Å². The van der Waals surface area contributed by atoms with Gasteiger partial charge in [-0.1, -0.05) is 50.1 Å². The zero-order valence-electron chi connectivity index (χ0n) is 13.3. The number of hydrogen-bond acceptors (Lipinski definition) is 4. The lowest BCUT2D eigenvalue weighted by atomic mass is 9.71. The highest BCUT2D eigenvalue weighted by Gasteiger charge is 2.64. The summed E-state index contributed by atoms with van der Waals surface area (Å²) in [5, 5.41) is 0. The molecule has 0 aromatic heterocycles. The van der Waals surface area contributed by atoms with E-state index in [1.54, 1.807) is 7.11 Å². The molecule has 4 nitrogen and oxygen atoms in total. The largest absolute Gasteiger partial charge is 0.353 e. The van der Waals surface area contributed by atoms with Gasteiger partial charge in [-0.15, -0.1) is 0 Å². The van der Waals surface area contributed by atoms with Gasteiger partial charge in [0.1, 0.15) is 0 Å². The molecule has 4 aliphatic rings. The lowest BCUT2D eigenvalue weighted by molar-refractivity contribution is -0.564. The average Bonchev–Trinajstić information content (AvgIpc) is 2.77. The molecule has 4 heteroatoms. The second-order valence-electron chi connectivity index (χ2n) is 6.92. The van der Waals surface area contributed by atoms with Gasteiger partial charge in [0.2, 0.25) is 5.79 Å². The first-order chi connectivity index (χ1) is 10.7. The van der Waals surface area contributed by atoms with Crippen LogP contribution in [0, 0.1) is 11.8 Å². The monoisotopic (exact) mass is 304 g/mol. The van der Waals surface area contributed by atoms with Crippen molar-refractivity contribution in [2.75, 3.05) is 7.11 Å². The van der Waals surface area contributed by atoms with Gasteiger partial charge in [-0.05, 0) is 25.2 Å². The zero-order chi connectivity index (χ0) is 15.2. The first kappa shape index (κ1) is 14.6. The molecule has 3 aliphatic heterocycles. The highest BCUT2D eigenvalue weighted by Crippen LogP contribution is 2.57. The molecule has 5 atom stereocenters. The van der Waals surface area contributed by atoms with Crippen LogP contribution < -0.4 is 0 Å². The van der Waals surface area contributed by atoms with Crippen molar-refractivity contribution in [3.05, 3.63) is 35.9 Å². The first-order valence-electron chi connectivity index (χ1n) is 8.34. The fourth-order valence-electron chi connectivity index (χ4n) is 4.53. The van der Waals surface area contributed by atoms with Crippen LogP contribution in [0.15, 0.2) is 30.3 Å². The molecule has 0 N–H and O–H groups in total. The third-order valence-electron chi connectivity index (χ3n) is 5.74. The number of methoxy groups -OCH3 is 1. The maximum absolute atomic E-state index is 6.44. The fourth-order valence-corrected chi connectivity index (χ4v) is 4.53. The fraction of sp³-hybridized carbons (Fsp3) is 0.667. The molecule has 1 aromatic carbocycles. The smallest absolute Gasteiger partial charge is 0.232 e. The van der Waals surface area contributed by atoms with Crippen LogP contribution >= 0.6 is 0 Å². The van der Waals surface area contributed by atoms with E-state index in [1.165, 1.54) is 6.42 Å². The number of hydrogen-bond donors (Lipinski definition) is 0. The number of ether oxygens (including phenoxy) is 2. The van der Waals surface area contributed by atoms with Crippen molar-refractivity contribution in [1.82, 2.24) is 0 Å². The van der Waals surface area contributed by atoms with Crippen LogP contribution in [0.25, 0.3) is 0 Å². The van der Waals surface area contributed by atoms with Crippen molar-refractivity contribution in [1.29, 1.82) is 0 Å². The van der Waals surface area contributed by atoms with Crippen LogP contribution in [0.3, 0.4) is 0 Å². The minimum atomic E-state index is -0.871. The van der Waals surface area contributed by atoms with Gasteiger partial charge in [-0.3, -0.25) is 0 Å². The third-order valence-corrected chi connectivity index (χ3v) is 5.74. The van der Waals surface area contributed by atoms with Crippen molar-refractivity contribution in [2.24, 2.45) is 11.8 Å². The zero-order valence-corrected chi connectivity index (χ0v) is 13.3. The van der Waals surface area contributed by atoms with E-state index in [0.29, 0.717) is 5.92 Å². The molecule has 1 aliphatic carbocycles. The molecular weight excluding hydrogens is 280 g/mol. The van der Waals surface area contributed by atoms with Gasteiger partial charge in [-0.2, -0.15) is 4.89 Å². The molecule has 1 saturated carbocycles. The average molecular weight is 304 g/mol. The Balaban J connectivity index is 1.80. The van der Waals surface area contributed by atoms with Crippen LogP contribution in [0.2, 0.25) is 0 Å². The SMILES string of the molecule is COC1O[C@@]2(c3ccccc3)OO[C@@]13CCCC[C@H]3CC2C. The van der Waals surface area contributed by atoms with Crippen LogP contribution in [0.5, 0.6) is 0 Å².